The van der Waals surface area contributed by atoms with Crippen molar-refractivity contribution < 1.29 is 0 Å². The van der Waals surface area contributed by atoms with Gasteiger partial charge in [0.05, 0.1) is 0 Å². The van der Waals surface area contributed by atoms with Crippen molar-refractivity contribution in [1.82, 2.24) is 5.32 Å². The van der Waals surface area contributed by atoms with Gasteiger partial charge in [0.25, 0.3) is 0 Å². The summed E-state index contributed by atoms with van der Waals surface area (Å²) in [7, 11) is 0. The zero-order valence-electron chi connectivity index (χ0n) is 19.0. The van der Waals surface area contributed by atoms with Crippen LogP contribution in [-0.2, 0) is 0 Å². The van der Waals surface area contributed by atoms with Gasteiger partial charge in [0.15, 0.2) is 0 Å². The van der Waals surface area contributed by atoms with Crippen molar-refractivity contribution in [2.24, 2.45) is 23.2 Å². The van der Waals surface area contributed by atoms with Gasteiger partial charge in [-0.25, -0.2) is 0 Å². The molecule has 0 rings (SSSR count). The lowest BCUT2D eigenvalue weighted by atomic mass is 9.72. The van der Waals surface area contributed by atoms with Gasteiger partial charge in [0.1, 0.15) is 0 Å². The Labute approximate surface area is 166 Å². The largest absolute Gasteiger partial charge is 0.389 e. The normalized spacial score (nSPS) is 17.2. The van der Waals surface area contributed by atoms with E-state index in [2.05, 4.69) is 66.1 Å². The van der Waals surface area contributed by atoms with Crippen LogP contribution >= 0.6 is 0 Å². The molecular formula is C25H49N. The third kappa shape index (κ3) is 11.1. The molecule has 154 valence electrons. The molecule has 0 amide bonds. The van der Waals surface area contributed by atoms with E-state index in [0.29, 0.717) is 11.3 Å². The van der Waals surface area contributed by atoms with Gasteiger partial charge >= 0.3 is 0 Å². The van der Waals surface area contributed by atoms with Crippen LogP contribution in [0.3, 0.4) is 0 Å². The van der Waals surface area contributed by atoms with Gasteiger partial charge in [-0.05, 0) is 48.9 Å². The lowest BCUT2D eigenvalue weighted by Gasteiger charge is -2.34. The highest BCUT2D eigenvalue weighted by Gasteiger charge is 2.27. The van der Waals surface area contributed by atoms with Crippen molar-refractivity contribution in [2.75, 3.05) is 6.54 Å². The van der Waals surface area contributed by atoms with Crippen molar-refractivity contribution in [2.45, 2.75) is 106 Å². The number of nitrogens with one attached hydrogen (secondary N) is 1. The van der Waals surface area contributed by atoms with E-state index in [1.165, 1.54) is 63.5 Å². The highest BCUT2D eigenvalue weighted by atomic mass is 14.9. The van der Waals surface area contributed by atoms with Crippen molar-refractivity contribution in [1.29, 1.82) is 0 Å². The Morgan fingerprint density at radius 2 is 1.81 bits per heavy atom. The van der Waals surface area contributed by atoms with Crippen molar-refractivity contribution in [3.05, 3.63) is 24.9 Å². The summed E-state index contributed by atoms with van der Waals surface area (Å²) in [6.07, 6.45) is 14.9. The Hall–Kier alpha value is -0.720. The summed E-state index contributed by atoms with van der Waals surface area (Å²) < 4.78 is 0. The second kappa shape index (κ2) is 14.4. The van der Waals surface area contributed by atoms with Gasteiger partial charge in [-0.15, -0.1) is 6.58 Å². The monoisotopic (exact) mass is 363 g/mol. The van der Waals surface area contributed by atoms with E-state index in [4.69, 9.17) is 0 Å². The molecule has 0 saturated carbocycles. The fourth-order valence-corrected chi connectivity index (χ4v) is 3.87. The molecular weight excluding hydrogens is 314 g/mol. The third-order valence-electron chi connectivity index (χ3n) is 6.57. The first-order valence-corrected chi connectivity index (χ1v) is 11.4. The SMILES string of the molecule is C=CC(CC(C)(CC)CCC(=C)NCCCCC(C)CCC)C(C)CC. The summed E-state index contributed by atoms with van der Waals surface area (Å²) in [5.41, 5.74) is 1.62. The predicted octanol–water partition coefficient (Wildman–Crippen LogP) is 8.13. The fourth-order valence-electron chi connectivity index (χ4n) is 3.87. The van der Waals surface area contributed by atoms with Crippen molar-refractivity contribution >= 4 is 0 Å². The van der Waals surface area contributed by atoms with Crippen LogP contribution < -0.4 is 5.32 Å². The molecule has 0 fully saturated rings. The number of rotatable bonds is 17. The molecule has 0 heterocycles. The molecule has 4 atom stereocenters. The van der Waals surface area contributed by atoms with Crippen LogP contribution in [0.25, 0.3) is 0 Å². The zero-order chi connectivity index (χ0) is 20.0. The van der Waals surface area contributed by atoms with Crippen LogP contribution in [0.2, 0.25) is 0 Å². The van der Waals surface area contributed by atoms with Gasteiger partial charge in [-0.2, -0.15) is 0 Å². The van der Waals surface area contributed by atoms with Crippen molar-refractivity contribution in [3.8, 4) is 0 Å². The van der Waals surface area contributed by atoms with E-state index in [-0.39, 0.29) is 0 Å². The van der Waals surface area contributed by atoms with E-state index in [9.17, 15) is 0 Å². The molecule has 0 saturated heterocycles. The van der Waals surface area contributed by atoms with Crippen LogP contribution in [0, 0.1) is 23.2 Å². The second-order valence-electron chi connectivity index (χ2n) is 9.07. The Kier molecular flexibility index (Phi) is 14.0. The minimum absolute atomic E-state index is 0.391. The Morgan fingerprint density at radius 1 is 1.12 bits per heavy atom. The van der Waals surface area contributed by atoms with Gasteiger partial charge in [0, 0.05) is 12.2 Å². The molecule has 1 heteroatoms. The summed E-state index contributed by atoms with van der Waals surface area (Å²) in [5, 5.41) is 3.57. The molecule has 0 radical (unpaired) electrons. The van der Waals surface area contributed by atoms with Gasteiger partial charge in [-0.3, -0.25) is 0 Å². The highest BCUT2D eigenvalue weighted by molar-refractivity contribution is 4.95. The predicted molar refractivity (Wildman–Crippen MR) is 120 cm³/mol. The maximum atomic E-state index is 4.27. The number of hydrogen-bond acceptors (Lipinski definition) is 1. The van der Waals surface area contributed by atoms with Crippen LogP contribution in [0.4, 0.5) is 0 Å². The molecule has 0 aromatic carbocycles. The Balaban J connectivity index is 4.14. The molecule has 1 N–H and O–H groups in total. The minimum atomic E-state index is 0.391. The van der Waals surface area contributed by atoms with E-state index in [1.54, 1.807) is 0 Å². The number of unbranched alkanes of at least 4 members (excludes halogenated alkanes) is 1. The molecule has 4 unspecified atom stereocenters. The molecule has 0 bridgehead atoms. The van der Waals surface area contributed by atoms with Crippen molar-refractivity contribution in [3.63, 3.8) is 0 Å². The molecule has 1 nitrogen and oxygen atoms in total. The molecule has 0 aromatic rings. The topological polar surface area (TPSA) is 12.0 Å². The molecule has 26 heavy (non-hydrogen) atoms. The second-order valence-corrected chi connectivity index (χ2v) is 9.07. The summed E-state index contributed by atoms with van der Waals surface area (Å²) >= 11 is 0. The molecule has 0 aliphatic carbocycles. The Morgan fingerprint density at radius 3 is 2.35 bits per heavy atom. The maximum absolute atomic E-state index is 4.27. The van der Waals surface area contributed by atoms with Gasteiger partial charge in [0.2, 0.25) is 0 Å². The minimum Gasteiger partial charge on any atom is -0.389 e. The Bertz CT molecular complexity index is 372. The highest BCUT2D eigenvalue weighted by Crippen LogP contribution is 2.38. The van der Waals surface area contributed by atoms with E-state index < -0.39 is 0 Å². The van der Waals surface area contributed by atoms with E-state index >= 15 is 0 Å². The maximum Gasteiger partial charge on any atom is 0.0143 e. The summed E-state index contributed by atoms with van der Waals surface area (Å²) in [6, 6.07) is 0. The summed E-state index contributed by atoms with van der Waals surface area (Å²) in [5.74, 6) is 2.25. The average Bonchev–Trinajstić information content (AvgIpc) is 2.63. The third-order valence-corrected chi connectivity index (χ3v) is 6.57. The first-order chi connectivity index (χ1) is 12.3. The number of allylic oxidation sites excluding steroid dienone is 2. The lowest BCUT2D eigenvalue weighted by Crippen LogP contribution is -2.24. The first-order valence-electron chi connectivity index (χ1n) is 11.4. The summed E-state index contributed by atoms with van der Waals surface area (Å²) in [4.78, 5) is 0. The smallest absolute Gasteiger partial charge is 0.0143 e. The molecule has 0 aromatic heterocycles. The quantitative estimate of drug-likeness (QED) is 0.203. The van der Waals surface area contributed by atoms with E-state index in [0.717, 1.165) is 24.8 Å². The van der Waals surface area contributed by atoms with Crippen LogP contribution in [0.1, 0.15) is 106 Å². The molecule has 0 spiro atoms. The van der Waals surface area contributed by atoms with Crippen LogP contribution in [-0.4, -0.2) is 6.54 Å². The number of hydrogen-bond donors (Lipinski definition) is 1. The summed E-state index contributed by atoms with van der Waals surface area (Å²) in [6.45, 7) is 23.6. The fraction of sp³-hybridized carbons (Fsp3) is 0.840. The first kappa shape index (κ1) is 25.3. The van der Waals surface area contributed by atoms with Crippen LogP contribution in [0.5, 0.6) is 0 Å². The molecule has 0 aliphatic heterocycles. The van der Waals surface area contributed by atoms with E-state index in [1.807, 2.05) is 0 Å². The van der Waals surface area contributed by atoms with Gasteiger partial charge in [-0.1, -0.05) is 92.7 Å². The van der Waals surface area contributed by atoms with Gasteiger partial charge < -0.3 is 5.32 Å². The van der Waals surface area contributed by atoms with Crippen LogP contribution in [0.15, 0.2) is 24.9 Å². The standard InChI is InChI=1S/C25H49N/c1-9-15-21(5)16-13-14-19-26-23(7)17-18-25(8,12-4)20-24(11-3)22(6)10-2/h11,21-22,24,26H,3,7,9-10,12-20H2,1-2,4-6,8H3. The molecule has 0 aliphatic rings. The average molecular weight is 364 g/mol. The zero-order valence-corrected chi connectivity index (χ0v) is 19.0. The lowest BCUT2D eigenvalue weighted by molar-refractivity contribution is 0.199.